The summed E-state index contributed by atoms with van der Waals surface area (Å²) < 4.78 is 0. The van der Waals surface area contributed by atoms with Crippen LogP contribution in [0.1, 0.15) is 30.7 Å². The maximum Gasteiger partial charge on any atom is 0.161 e. The van der Waals surface area contributed by atoms with Crippen LogP contribution in [0.4, 0.5) is 5.82 Å². The summed E-state index contributed by atoms with van der Waals surface area (Å²) in [4.78, 5) is 9.29. The number of nitrogens with one attached hydrogen (secondary N) is 1. The number of benzene rings is 1. The molecule has 2 aromatic rings. The smallest absolute Gasteiger partial charge is 0.161 e. The molecule has 0 saturated heterocycles. The van der Waals surface area contributed by atoms with Crippen molar-refractivity contribution in [1.29, 1.82) is 0 Å². The highest BCUT2D eigenvalue weighted by atomic mass is 15.0. The van der Waals surface area contributed by atoms with Gasteiger partial charge in [0.15, 0.2) is 5.82 Å². The van der Waals surface area contributed by atoms with Gasteiger partial charge in [0, 0.05) is 24.4 Å². The first-order valence-corrected chi connectivity index (χ1v) is 7.13. The Morgan fingerprint density at radius 2 is 1.80 bits per heavy atom. The van der Waals surface area contributed by atoms with Crippen LogP contribution in [0.2, 0.25) is 0 Å². The Balaban J connectivity index is 2.46. The molecule has 0 bridgehead atoms. The third kappa shape index (κ3) is 3.35. The van der Waals surface area contributed by atoms with E-state index in [0.29, 0.717) is 5.92 Å². The molecule has 0 aliphatic heterocycles. The van der Waals surface area contributed by atoms with Crippen molar-refractivity contribution in [1.82, 2.24) is 9.97 Å². The van der Waals surface area contributed by atoms with Gasteiger partial charge in [-0.15, -0.1) is 0 Å². The second-order valence-corrected chi connectivity index (χ2v) is 5.72. The van der Waals surface area contributed by atoms with Gasteiger partial charge in [-0.3, -0.25) is 0 Å². The van der Waals surface area contributed by atoms with Crippen molar-refractivity contribution < 1.29 is 0 Å². The summed E-state index contributed by atoms with van der Waals surface area (Å²) in [6.45, 7) is 8.65. The second-order valence-electron chi connectivity index (χ2n) is 5.72. The first kappa shape index (κ1) is 14.5. The Morgan fingerprint density at radius 1 is 1.05 bits per heavy atom. The zero-order valence-electron chi connectivity index (χ0n) is 13.0. The molecule has 0 unspecified atom stereocenters. The Labute approximate surface area is 121 Å². The van der Waals surface area contributed by atoms with Gasteiger partial charge in [0.2, 0.25) is 0 Å². The lowest BCUT2D eigenvalue weighted by molar-refractivity contribution is 0.635. The first-order valence-electron chi connectivity index (χ1n) is 7.13. The third-order valence-corrected chi connectivity index (χ3v) is 3.42. The van der Waals surface area contributed by atoms with E-state index in [1.807, 2.05) is 13.1 Å². The van der Waals surface area contributed by atoms with Crippen molar-refractivity contribution in [3.8, 4) is 11.4 Å². The normalized spacial score (nSPS) is 10.9. The second kappa shape index (κ2) is 6.04. The van der Waals surface area contributed by atoms with Crippen LogP contribution in [0, 0.1) is 19.8 Å². The molecular formula is C17H23N3. The summed E-state index contributed by atoms with van der Waals surface area (Å²) in [5, 5.41) is 3.13. The van der Waals surface area contributed by atoms with Crippen molar-refractivity contribution in [2.45, 2.75) is 34.1 Å². The van der Waals surface area contributed by atoms with Gasteiger partial charge in [-0.1, -0.05) is 26.0 Å². The minimum absolute atomic E-state index is 0.585. The maximum absolute atomic E-state index is 4.71. The fourth-order valence-corrected chi connectivity index (χ4v) is 2.16. The van der Waals surface area contributed by atoms with E-state index in [0.717, 1.165) is 29.3 Å². The molecule has 0 fully saturated rings. The van der Waals surface area contributed by atoms with Crippen molar-refractivity contribution in [3.05, 3.63) is 41.1 Å². The van der Waals surface area contributed by atoms with Crippen LogP contribution in [-0.2, 0) is 6.42 Å². The number of aromatic nitrogens is 2. The van der Waals surface area contributed by atoms with Gasteiger partial charge < -0.3 is 5.32 Å². The molecule has 1 aromatic heterocycles. The van der Waals surface area contributed by atoms with Gasteiger partial charge in [-0.25, -0.2) is 9.97 Å². The van der Waals surface area contributed by atoms with Crippen molar-refractivity contribution in [2.75, 3.05) is 12.4 Å². The average molecular weight is 269 g/mol. The number of aryl methyl sites for hydroxylation is 2. The van der Waals surface area contributed by atoms with E-state index < -0.39 is 0 Å². The summed E-state index contributed by atoms with van der Waals surface area (Å²) in [5.74, 6) is 2.27. The molecule has 0 atom stereocenters. The van der Waals surface area contributed by atoms with Gasteiger partial charge in [0.25, 0.3) is 0 Å². The molecule has 3 heteroatoms. The van der Waals surface area contributed by atoms with E-state index in [-0.39, 0.29) is 0 Å². The van der Waals surface area contributed by atoms with Gasteiger partial charge in [-0.2, -0.15) is 0 Å². The number of hydrogen-bond donors (Lipinski definition) is 1. The van der Waals surface area contributed by atoms with Crippen LogP contribution in [0.15, 0.2) is 24.3 Å². The zero-order chi connectivity index (χ0) is 14.7. The minimum atomic E-state index is 0.585. The molecule has 1 heterocycles. The lowest BCUT2D eigenvalue weighted by atomic mass is 10.0. The highest BCUT2D eigenvalue weighted by molar-refractivity contribution is 5.59. The van der Waals surface area contributed by atoms with E-state index in [1.54, 1.807) is 0 Å². The molecule has 20 heavy (non-hydrogen) atoms. The third-order valence-electron chi connectivity index (χ3n) is 3.42. The quantitative estimate of drug-likeness (QED) is 0.911. The van der Waals surface area contributed by atoms with E-state index in [4.69, 9.17) is 4.98 Å². The fraction of sp³-hybridized carbons (Fsp3) is 0.412. The number of nitrogens with zero attached hydrogens (tertiary/aromatic N) is 2. The molecule has 1 aromatic carbocycles. The van der Waals surface area contributed by atoms with Crippen molar-refractivity contribution in [3.63, 3.8) is 0 Å². The van der Waals surface area contributed by atoms with Crippen LogP contribution in [0.3, 0.4) is 0 Å². The minimum Gasteiger partial charge on any atom is -0.373 e. The topological polar surface area (TPSA) is 37.8 Å². The molecule has 106 valence electrons. The van der Waals surface area contributed by atoms with Gasteiger partial charge >= 0.3 is 0 Å². The van der Waals surface area contributed by atoms with Crippen LogP contribution in [0.25, 0.3) is 11.4 Å². The van der Waals surface area contributed by atoms with E-state index >= 15 is 0 Å². The summed E-state index contributed by atoms with van der Waals surface area (Å²) in [6, 6.07) is 8.41. The van der Waals surface area contributed by atoms with E-state index in [9.17, 15) is 0 Å². The van der Waals surface area contributed by atoms with E-state index in [2.05, 4.69) is 56.2 Å². The fourth-order valence-electron chi connectivity index (χ4n) is 2.16. The molecular weight excluding hydrogens is 246 g/mol. The highest BCUT2D eigenvalue weighted by Gasteiger charge is 2.08. The zero-order valence-corrected chi connectivity index (χ0v) is 13.0. The summed E-state index contributed by atoms with van der Waals surface area (Å²) in [6.07, 6.45) is 0.967. The molecule has 0 aliphatic carbocycles. The highest BCUT2D eigenvalue weighted by Crippen LogP contribution is 2.21. The Kier molecular flexibility index (Phi) is 4.38. The molecule has 3 nitrogen and oxygen atoms in total. The van der Waals surface area contributed by atoms with Gasteiger partial charge in [-0.05, 0) is 43.4 Å². The largest absolute Gasteiger partial charge is 0.373 e. The monoisotopic (exact) mass is 269 g/mol. The average Bonchev–Trinajstić information content (AvgIpc) is 2.40. The van der Waals surface area contributed by atoms with Crippen LogP contribution < -0.4 is 5.32 Å². The predicted octanol–water partition coefficient (Wildman–Crippen LogP) is 4.00. The van der Waals surface area contributed by atoms with Gasteiger partial charge in [0.05, 0.1) is 0 Å². The molecule has 0 radical (unpaired) electrons. The number of hydrogen-bond acceptors (Lipinski definition) is 3. The van der Waals surface area contributed by atoms with Crippen LogP contribution in [0.5, 0.6) is 0 Å². The Bertz CT molecular complexity index is 603. The Hall–Kier alpha value is -1.90. The molecule has 1 N–H and O–H groups in total. The molecule has 2 rings (SSSR count). The first-order chi connectivity index (χ1) is 9.49. The SMILES string of the molecule is CNc1cc(CC(C)C)nc(-c2ccc(C)c(C)c2)n1. The lowest BCUT2D eigenvalue weighted by Crippen LogP contribution is -2.04. The molecule has 0 saturated carbocycles. The van der Waals surface area contributed by atoms with Gasteiger partial charge in [0.1, 0.15) is 5.82 Å². The summed E-state index contributed by atoms with van der Waals surface area (Å²) in [7, 11) is 1.89. The number of anilines is 1. The summed E-state index contributed by atoms with van der Waals surface area (Å²) >= 11 is 0. The van der Waals surface area contributed by atoms with E-state index in [1.165, 1.54) is 11.1 Å². The molecule has 0 aliphatic rings. The standard InChI is InChI=1S/C17H23N3/c1-11(2)8-15-10-16(18-5)20-17(19-15)14-7-6-12(3)13(4)9-14/h6-7,9-11H,8H2,1-5H3,(H,18,19,20). The molecule has 0 spiro atoms. The van der Waals surface area contributed by atoms with Crippen LogP contribution in [-0.4, -0.2) is 17.0 Å². The van der Waals surface area contributed by atoms with Crippen molar-refractivity contribution >= 4 is 5.82 Å². The lowest BCUT2D eigenvalue weighted by Gasteiger charge is -2.10. The number of rotatable bonds is 4. The Morgan fingerprint density at radius 3 is 2.40 bits per heavy atom. The summed E-state index contributed by atoms with van der Waals surface area (Å²) in [5.41, 5.74) is 4.73. The molecule has 0 amide bonds. The maximum atomic E-state index is 4.71. The van der Waals surface area contributed by atoms with Crippen LogP contribution >= 0.6 is 0 Å². The van der Waals surface area contributed by atoms with Crippen molar-refractivity contribution in [2.24, 2.45) is 5.92 Å². The predicted molar refractivity (Wildman–Crippen MR) is 85.0 cm³/mol.